The van der Waals surface area contributed by atoms with E-state index < -0.39 is 0 Å². The highest BCUT2D eigenvalue weighted by Crippen LogP contribution is 2.36. The van der Waals surface area contributed by atoms with Gasteiger partial charge in [-0.05, 0) is 31.5 Å². The summed E-state index contributed by atoms with van der Waals surface area (Å²) in [6.45, 7) is 0.636. The molecule has 1 aromatic carbocycles. The minimum absolute atomic E-state index is 0.636. The first kappa shape index (κ1) is 12.1. The Morgan fingerprint density at radius 2 is 2.00 bits per heavy atom. The number of methoxy groups -OCH3 is 2. The summed E-state index contributed by atoms with van der Waals surface area (Å²) in [6.07, 6.45) is 1.68. The van der Waals surface area contributed by atoms with E-state index in [0.717, 1.165) is 18.4 Å². The molecule has 15 heavy (non-hydrogen) atoms. The maximum atomic E-state index is 6.10. The number of benzene rings is 1. The monoisotopic (exact) mass is 229 g/mol. The number of hydrogen-bond donors (Lipinski definition) is 1. The summed E-state index contributed by atoms with van der Waals surface area (Å²) in [5.41, 5.74) is 6.44. The van der Waals surface area contributed by atoms with Gasteiger partial charge in [-0.2, -0.15) is 0 Å². The summed E-state index contributed by atoms with van der Waals surface area (Å²) in [4.78, 5) is 0. The van der Waals surface area contributed by atoms with Crippen LogP contribution in [0.5, 0.6) is 11.5 Å². The van der Waals surface area contributed by atoms with Crippen LogP contribution in [-0.4, -0.2) is 20.8 Å². The lowest BCUT2D eigenvalue weighted by atomic mass is 10.1. The van der Waals surface area contributed by atoms with Crippen molar-refractivity contribution >= 4 is 11.6 Å². The highest BCUT2D eigenvalue weighted by Gasteiger charge is 2.12. The van der Waals surface area contributed by atoms with Gasteiger partial charge >= 0.3 is 0 Å². The van der Waals surface area contributed by atoms with Gasteiger partial charge in [0.1, 0.15) is 0 Å². The quantitative estimate of drug-likeness (QED) is 0.842. The summed E-state index contributed by atoms with van der Waals surface area (Å²) in [6, 6.07) is 3.61. The van der Waals surface area contributed by atoms with Gasteiger partial charge < -0.3 is 15.2 Å². The second-order valence-electron chi connectivity index (χ2n) is 3.15. The van der Waals surface area contributed by atoms with Crippen LogP contribution < -0.4 is 15.2 Å². The molecule has 0 amide bonds. The molecule has 0 saturated heterocycles. The van der Waals surface area contributed by atoms with E-state index in [1.807, 2.05) is 6.07 Å². The van der Waals surface area contributed by atoms with Gasteiger partial charge in [0.25, 0.3) is 0 Å². The second-order valence-corrected chi connectivity index (χ2v) is 3.56. The molecule has 4 heteroatoms. The third-order valence-electron chi connectivity index (χ3n) is 2.22. The van der Waals surface area contributed by atoms with Crippen LogP contribution in [0.2, 0.25) is 5.02 Å². The van der Waals surface area contributed by atoms with E-state index in [9.17, 15) is 0 Å². The molecule has 0 aliphatic rings. The van der Waals surface area contributed by atoms with E-state index in [2.05, 4.69) is 0 Å². The average molecular weight is 230 g/mol. The molecule has 0 radical (unpaired) electrons. The van der Waals surface area contributed by atoms with Gasteiger partial charge in [-0.3, -0.25) is 0 Å². The number of nitrogens with two attached hydrogens (primary N) is 1. The number of halogens is 1. The minimum atomic E-state index is 0.636. The van der Waals surface area contributed by atoms with Crippen molar-refractivity contribution in [2.45, 2.75) is 12.8 Å². The van der Waals surface area contributed by atoms with Crippen LogP contribution in [0, 0.1) is 0 Å². The third kappa shape index (κ3) is 2.76. The molecule has 0 heterocycles. The molecular formula is C11H16ClNO2. The number of rotatable bonds is 5. The van der Waals surface area contributed by atoms with Crippen molar-refractivity contribution in [1.29, 1.82) is 0 Å². The summed E-state index contributed by atoms with van der Waals surface area (Å²) < 4.78 is 10.5. The third-order valence-corrected chi connectivity index (χ3v) is 2.58. The Balaban J connectivity index is 3.07. The molecule has 3 nitrogen and oxygen atoms in total. The summed E-state index contributed by atoms with van der Waals surface area (Å²) in [5, 5.41) is 0.695. The van der Waals surface area contributed by atoms with Crippen molar-refractivity contribution in [2.24, 2.45) is 5.73 Å². The predicted molar refractivity (Wildman–Crippen MR) is 61.9 cm³/mol. The van der Waals surface area contributed by atoms with Crippen molar-refractivity contribution in [3.05, 3.63) is 22.7 Å². The highest BCUT2D eigenvalue weighted by molar-refractivity contribution is 6.31. The van der Waals surface area contributed by atoms with Crippen LogP contribution >= 0.6 is 11.6 Å². The van der Waals surface area contributed by atoms with Gasteiger partial charge in [0, 0.05) is 10.6 Å². The molecule has 0 aliphatic carbocycles. The molecule has 2 N–H and O–H groups in total. The van der Waals surface area contributed by atoms with Gasteiger partial charge in [0.05, 0.1) is 14.2 Å². The Hall–Kier alpha value is -0.930. The van der Waals surface area contributed by atoms with Crippen LogP contribution in [0.15, 0.2) is 12.1 Å². The molecule has 1 aromatic rings. The molecule has 0 fully saturated rings. The first-order valence-corrected chi connectivity index (χ1v) is 5.21. The first-order chi connectivity index (χ1) is 7.24. The van der Waals surface area contributed by atoms with Crippen LogP contribution in [0.4, 0.5) is 0 Å². The Bertz CT molecular complexity index is 329. The zero-order valence-electron chi connectivity index (χ0n) is 9.05. The molecule has 0 saturated carbocycles. The topological polar surface area (TPSA) is 44.5 Å². The number of hydrogen-bond acceptors (Lipinski definition) is 3. The Morgan fingerprint density at radius 1 is 1.27 bits per heavy atom. The van der Waals surface area contributed by atoms with Gasteiger partial charge in [0.2, 0.25) is 0 Å². The number of ether oxygens (including phenoxy) is 2. The Kier molecular flexibility index (Phi) is 4.72. The van der Waals surface area contributed by atoms with Crippen LogP contribution in [-0.2, 0) is 6.42 Å². The van der Waals surface area contributed by atoms with E-state index in [1.165, 1.54) is 0 Å². The molecule has 84 valence electrons. The normalized spacial score (nSPS) is 10.1. The molecule has 0 aromatic heterocycles. The standard InChI is InChI=1S/C11H16ClNO2/c1-14-10-6-5-9(12)8(4-3-7-13)11(10)15-2/h5-6H,3-4,7,13H2,1-2H3. The fourth-order valence-corrected chi connectivity index (χ4v) is 1.72. The Morgan fingerprint density at radius 3 is 2.53 bits per heavy atom. The fraction of sp³-hybridized carbons (Fsp3) is 0.455. The van der Waals surface area contributed by atoms with Crippen molar-refractivity contribution in [3.63, 3.8) is 0 Å². The molecular weight excluding hydrogens is 214 g/mol. The van der Waals surface area contributed by atoms with Crippen molar-refractivity contribution in [3.8, 4) is 11.5 Å². The minimum Gasteiger partial charge on any atom is -0.493 e. The maximum Gasteiger partial charge on any atom is 0.165 e. The highest BCUT2D eigenvalue weighted by atomic mass is 35.5. The smallest absolute Gasteiger partial charge is 0.165 e. The van der Waals surface area contributed by atoms with E-state index in [4.69, 9.17) is 26.8 Å². The molecule has 1 rings (SSSR count). The van der Waals surface area contributed by atoms with Crippen LogP contribution in [0.1, 0.15) is 12.0 Å². The SMILES string of the molecule is COc1ccc(Cl)c(CCCN)c1OC. The van der Waals surface area contributed by atoms with E-state index in [-0.39, 0.29) is 0 Å². The molecule has 0 spiro atoms. The van der Waals surface area contributed by atoms with Crippen LogP contribution in [0.25, 0.3) is 0 Å². The maximum absolute atomic E-state index is 6.10. The first-order valence-electron chi connectivity index (χ1n) is 4.84. The van der Waals surface area contributed by atoms with Gasteiger partial charge in [-0.25, -0.2) is 0 Å². The molecule has 0 unspecified atom stereocenters. The summed E-state index contributed by atoms with van der Waals surface area (Å²) in [7, 11) is 3.22. The van der Waals surface area contributed by atoms with Crippen molar-refractivity contribution < 1.29 is 9.47 Å². The molecule has 0 aliphatic heterocycles. The zero-order valence-corrected chi connectivity index (χ0v) is 9.80. The largest absolute Gasteiger partial charge is 0.493 e. The fourth-order valence-electron chi connectivity index (χ4n) is 1.48. The van der Waals surface area contributed by atoms with Gasteiger partial charge in [-0.15, -0.1) is 0 Å². The summed E-state index contributed by atoms with van der Waals surface area (Å²) in [5.74, 6) is 1.41. The lowest BCUT2D eigenvalue weighted by Gasteiger charge is -2.13. The van der Waals surface area contributed by atoms with E-state index >= 15 is 0 Å². The zero-order chi connectivity index (χ0) is 11.3. The van der Waals surface area contributed by atoms with Gasteiger partial charge in [0.15, 0.2) is 11.5 Å². The molecule has 0 bridgehead atoms. The van der Waals surface area contributed by atoms with Crippen molar-refractivity contribution in [1.82, 2.24) is 0 Å². The van der Waals surface area contributed by atoms with Crippen LogP contribution in [0.3, 0.4) is 0 Å². The second kappa shape index (κ2) is 5.83. The predicted octanol–water partition coefficient (Wildman–Crippen LogP) is 2.25. The van der Waals surface area contributed by atoms with E-state index in [0.29, 0.717) is 23.1 Å². The average Bonchev–Trinajstić information content (AvgIpc) is 2.27. The lowest BCUT2D eigenvalue weighted by molar-refractivity contribution is 0.351. The van der Waals surface area contributed by atoms with E-state index in [1.54, 1.807) is 20.3 Å². The molecule has 0 atom stereocenters. The Labute approximate surface area is 95.1 Å². The van der Waals surface area contributed by atoms with Crippen molar-refractivity contribution in [2.75, 3.05) is 20.8 Å². The van der Waals surface area contributed by atoms with Gasteiger partial charge in [-0.1, -0.05) is 11.6 Å². The lowest BCUT2D eigenvalue weighted by Crippen LogP contribution is -2.03. The summed E-state index contributed by atoms with van der Waals surface area (Å²) >= 11 is 6.10.